The van der Waals surface area contributed by atoms with Gasteiger partial charge in [0.2, 0.25) is 0 Å². The van der Waals surface area contributed by atoms with Crippen molar-refractivity contribution in [3.63, 3.8) is 0 Å². The third kappa shape index (κ3) is 2.26. The van der Waals surface area contributed by atoms with Gasteiger partial charge in [0.25, 0.3) is 0 Å². The van der Waals surface area contributed by atoms with E-state index in [0.717, 1.165) is 0 Å². The first-order valence-corrected chi connectivity index (χ1v) is 9.71. The van der Waals surface area contributed by atoms with E-state index in [4.69, 9.17) is 9.15 Å². The number of ketones is 1. The second-order valence-corrected chi connectivity index (χ2v) is 9.39. The van der Waals surface area contributed by atoms with Gasteiger partial charge >= 0.3 is 5.97 Å². The quantitative estimate of drug-likeness (QED) is 0.731. The van der Waals surface area contributed by atoms with E-state index < -0.39 is 40.5 Å². The molecule has 4 rings (SSSR count). The Bertz CT molecular complexity index is 794. The van der Waals surface area contributed by atoms with Crippen LogP contribution in [0.1, 0.15) is 63.1 Å². The SMILES string of the molecule is CC(=O)OC1CCC(C)(C)[C@]2(O)CC(O)[C@H]3C(=O)c4ccoc4C[C@H]3[C@@]12C. The van der Waals surface area contributed by atoms with Crippen LogP contribution in [0.3, 0.4) is 0 Å². The molecule has 6 atom stereocenters. The Labute approximate surface area is 158 Å². The lowest BCUT2D eigenvalue weighted by atomic mass is 9.40. The van der Waals surface area contributed by atoms with Crippen LogP contribution in [0.25, 0.3) is 0 Å². The van der Waals surface area contributed by atoms with Crippen LogP contribution in [-0.4, -0.2) is 39.8 Å². The minimum absolute atomic E-state index is 0.0916. The number of fused-ring (bicyclic) bond motifs is 4. The van der Waals surface area contributed by atoms with E-state index in [9.17, 15) is 19.8 Å². The van der Waals surface area contributed by atoms with Gasteiger partial charge in [0.05, 0.1) is 29.4 Å². The average Bonchev–Trinajstić information content (AvgIpc) is 3.03. The Hall–Kier alpha value is -1.66. The topological polar surface area (TPSA) is 97.0 Å². The first-order valence-electron chi connectivity index (χ1n) is 9.71. The summed E-state index contributed by atoms with van der Waals surface area (Å²) in [5, 5.41) is 22.9. The van der Waals surface area contributed by atoms with Gasteiger partial charge in [0.1, 0.15) is 11.9 Å². The molecule has 3 aliphatic carbocycles. The molecular weight excluding hydrogens is 348 g/mol. The third-order valence-corrected chi connectivity index (χ3v) is 7.86. The van der Waals surface area contributed by atoms with Crippen LogP contribution in [0, 0.1) is 22.7 Å². The maximum atomic E-state index is 13.1. The fraction of sp³-hybridized carbons (Fsp3) is 0.714. The molecule has 2 saturated carbocycles. The zero-order valence-electron chi connectivity index (χ0n) is 16.3. The van der Waals surface area contributed by atoms with Crippen LogP contribution in [0.15, 0.2) is 16.7 Å². The number of esters is 1. The minimum Gasteiger partial charge on any atom is -0.469 e. The first kappa shape index (κ1) is 18.7. The molecule has 0 amide bonds. The van der Waals surface area contributed by atoms with Crippen molar-refractivity contribution in [2.45, 2.75) is 71.2 Å². The molecule has 2 unspecified atom stereocenters. The highest BCUT2D eigenvalue weighted by atomic mass is 16.5. The lowest BCUT2D eigenvalue weighted by Crippen LogP contribution is -2.74. The summed E-state index contributed by atoms with van der Waals surface area (Å²) in [6, 6.07) is 1.65. The number of Topliss-reactive ketones (excluding diaryl/α,β-unsaturated/α-hetero) is 1. The zero-order valence-corrected chi connectivity index (χ0v) is 16.3. The van der Waals surface area contributed by atoms with Crippen LogP contribution < -0.4 is 0 Å². The van der Waals surface area contributed by atoms with Crippen LogP contribution in [-0.2, 0) is 16.0 Å². The van der Waals surface area contributed by atoms with Crippen LogP contribution in [0.2, 0.25) is 0 Å². The smallest absolute Gasteiger partial charge is 0.302 e. The molecule has 0 radical (unpaired) electrons. The predicted molar refractivity (Wildman–Crippen MR) is 96.0 cm³/mol. The number of furan rings is 1. The Morgan fingerprint density at radius 3 is 2.70 bits per heavy atom. The summed E-state index contributed by atoms with van der Waals surface area (Å²) in [6.07, 6.45) is 1.84. The van der Waals surface area contributed by atoms with E-state index in [1.807, 2.05) is 20.8 Å². The number of aliphatic hydroxyl groups excluding tert-OH is 1. The maximum absolute atomic E-state index is 13.1. The molecule has 3 aliphatic rings. The first-order chi connectivity index (χ1) is 12.5. The molecule has 0 bridgehead atoms. The van der Waals surface area contributed by atoms with Crippen molar-refractivity contribution in [2.75, 3.05) is 0 Å². The van der Waals surface area contributed by atoms with Crippen LogP contribution in [0.5, 0.6) is 0 Å². The molecule has 1 aromatic rings. The molecule has 0 aliphatic heterocycles. The van der Waals surface area contributed by atoms with E-state index in [2.05, 4.69) is 0 Å². The second-order valence-electron chi connectivity index (χ2n) is 9.39. The highest BCUT2D eigenvalue weighted by Gasteiger charge is 2.71. The molecule has 6 heteroatoms. The van der Waals surface area contributed by atoms with Crippen molar-refractivity contribution in [3.8, 4) is 0 Å². The highest BCUT2D eigenvalue weighted by molar-refractivity contribution is 6.00. The molecule has 0 aromatic carbocycles. The molecule has 1 heterocycles. The number of hydrogen-bond donors (Lipinski definition) is 2. The van der Waals surface area contributed by atoms with Crippen molar-refractivity contribution in [3.05, 3.63) is 23.7 Å². The number of rotatable bonds is 1. The molecule has 148 valence electrons. The van der Waals surface area contributed by atoms with Gasteiger partial charge in [-0.25, -0.2) is 0 Å². The number of carbonyl (C=O) groups excluding carboxylic acids is 2. The van der Waals surface area contributed by atoms with Crippen LogP contribution >= 0.6 is 0 Å². The van der Waals surface area contributed by atoms with Crippen molar-refractivity contribution >= 4 is 11.8 Å². The number of ether oxygens (including phenoxy) is 1. The normalized spacial score (nSPS) is 42.7. The Balaban J connectivity index is 1.89. The van der Waals surface area contributed by atoms with E-state index in [-0.39, 0.29) is 18.1 Å². The summed E-state index contributed by atoms with van der Waals surface area (Å²) in [5.41, 5.74) is -2.12. The molecule has 0 spiro atoms. The fourth-order valence-electron chi connectivity index (χ4n) is 6.28. The van der Waals surface area contributed by atoms with E-state index in [0.29, 0.717) is 30.6 Å². The Kier molecular flexibility index (Phi) is 3.93. The standard InChI is InChI=1S/C21H28O6/c1-11(22)27-16-5-7-19(2,3)21(25)10-14(23)17-13(20(16,21)4)9-15-12(18(17)24)6-8-26-15/h6,8,13-14,16-17,23,25H,5,7,9-10H2,1-4H3/t13-,14?,16?,17+,20+,21-/m1/s1. The summed E-state index contributed by atoms with van der Waals surface area (Å²) in [7, 11) is 0. The molecule has 2 fully saturated rings. The van der Waals surface area contributed by atoms with E-state index in [1.165, 1.54) is 13.2 Å². The molecular formula is C21H28O6. The van der Waals surface area contributed by atoms with Gasteiger partial charge in [-0.1, -0.05) is 20.8 Å². The van der Waals surface area contributed by atoms with Gasteiger partial charge < -0.3 is 19.4 Å². The van der Waals surface area contributed by atoms with Crippen LogP contribution in [0.4, 0.5) is 0 Å². The van der Waals surface area contributed by atoms with Gasteiger partial charge in [0.15, 0.2) is 5.78 Å². The molecule has 1 aromatic heterocycles. The largest absolute Gasteiger partial charge is 0.469 e. The lowest BCUT2D eigenvalue weighted by molar-refractivity contribution is -0.289. The molecule has 6 nitrogen and oxygen atoms in total. The molecule has 0 saturated heterocycles. The maximum Gasteiger partial charge on any atom is 0.302 e. The summed E-state index contributed by atoms with van der Waals surface area (Å²) in [4.78, 5) is 24.9. The van der Waals surface area contributed by atoms with Gasteiger partial charge in [-0.2, -0.15) is 0 Å². The molecule has 27 heavy (non-hydrogen) atoms. The van der Waals surface area contributed by atoms with Gasteiger partial charge in [-0.3, -0.25) is 9.59 Å². The van der Waals surface area contributed by atoms with Gasteiger partial charge in [0, 0.05) is 25.2 Å². The highest BCUT2D eigenvalue weighted by Crippen LogP contribution is 2.65. The Morgan fingerprint density at radius 2 is 2.04 bits per heavy atom. The fourth-order valence-corrected chi connectivity index (χ4v) is 6.28. The van der Waals surface area contributed by atoms with Gasteiger partial charge in [-0.15, -0.1) is 0 Å². The average molecular weight is 376 g/mol. The summed E-state index contributed by atoms with van der Waals surface area (Å²) < 4.78 is 11.2. The number of hydrogen-bond acceptors (Lipinski definition) is 6. The van der Waals surface area contributed by atoms with Crippen molar-refractivity contribution in [2.24, 2.45) is 22.7 Å². The van der Waals surface area contributed by atoms with E-state index in [1.54, 1.807) is 6.07 Å². The minimum atomic E-state index is -1.27. The van der Waals surface area contributed by atoms with Crippen molar-refractivity contribution in [1.82, 2.24) is 0 Å². The monoisotopic (exact) mass is 376 g/mol. The number of carbonyl (C=O) groups is 2. The molecule has 2 N–H and O–H groups in total. The summed E-state index contributed by atoms with van der Waals surface area (Å²) in [6.45, 7) is 7.27. The predicted octanol–water partition coefficient (Wildman–Crippen LogP) is 2.50. The lowest BCUT2D eigenvalue weighted by Gasteiger charge is -2.67. The summed E-state index contributed by atoms with van der Waals surface area (Å²) >= 11 is 0. The van der Waals surface area contributed by atoms with Gasteiger partial charge in [-0.05, 0) is 30.2 Å². The van der Waals surface area contributed by atoms with Crippen molar-refractivity contribution in [1.29, 1.82) is 0 Å². The second kappa shape index (κ2) is 5.67. The zero-order chi connectivity index (χ0) is 19.8. The third-order valence-electron chi connectivity index (χ3n) is 7.86. The van der Waals surface area contributed by atoms with Crippen molar-refractivity contribution < 1.29 is 29.0 Å². The Morgan fingerprint density at radius 1 is 1.33 bits per heavy atom. The number of aliphatic hydroxyl groups is 2. The summed E-state index contributed by atoms with van der Waals surface area (Å²) in [5.74, 6) is -0.958. The van der Waals surface area contributed by atoms with E-state index >= 15 is 0 Å².